The van der Waals surface area contributed by atoms with Gasteiger partial charge in [0.05, 0.1) is 0 Å². The van der Waals surface area contributed by atoms with Crippen LogP contribution in [0.5, 0.6) is 0 Å². The molecule has 0 saturated carbocycles. The molecule has 2 atom stereocenters. The van der Waals surface area contributed by atoms with Gasteiger partial charge in [0.25, 0.3) is 0 Å². The van der Waals surface area contributed by atoms with Gasteiger partial charge in [-0.25, -0.2) is 0 Å². The van der Waals surface area contributed by atoms with Gasteiger partial charge in [0.15, 0.2) is 0 Å². The molecular weight excluding hydrogens is 262 g/mol. The van der Waals surface area contributed by atoms with E-state index < -0.39 is 11.4 Å². The highest BCUT2D eigenvalue weighted by molar-refractivity contribution is 7.90. The standard InChI is InChI=1S/C14H19NOS2/c1-10(8-14(2,3)18(15)16)12-9-17-13-7-5-4-6-11(12)13/h4-7,9-10H,8,15H2,1-3H3. The molecule has 2 nitrogen and oxygen atoms in total. The summed E-state index contributed by atoms with van der Waals surface area (Å²) in [4.78, 5) is 0. The van der Waals surface area contributed by atoms with Gasteiger partial charge in [0.2, 0.25) is 0 Å². The van der Waals surface area contributed by atoms with E-state index >= 15 is 0 Å². The normalized spacial score (nSPS) is 15.8. The molecule has 0 aliphatic rings. The third kappa shape index (κ3) is 2.72. The minimum atomic E-state index is -1.29. The van der Waals surface area contributed by atoms with E-state index in [1.165, 1.54) is 15.6 Å². The van der Waals surface area contributed by atoms with Crippen molar-refractivity contribution >= 4 is 32.8 Å². The molecule has 0 aliphatic heterocycles. The summed E-state index contributed by atoms with van der Waals surface area (Å²) < 4.78 is 12.5. The van der Waals surface area contributed by atoms with E-state index in [-0.39, 0.29) is 4.75 Å². The average Bonchev–Trinajstić information content (AvgIpc) is 2.71. The van der Waals surface area contributed by atoms with Crippen LogP contribution in [0, 0.1) is 0 Å². The Morgan fingerprint density at radius 2 is 2.06 bits per heavy atom. The van der Waals surface area contributed by atoms with Crippen LogP contribution in [0.2, 0.25) is 0 Å². The molecule has 1 aromatic heterocycles. The second-order valence-electron chi connectivity index (χ2n) is 5.35. The lowest BCUT2D eigenvalue weighted by molar-refractivity contribution is 0.501. The van der Waals surface area contributed by atoms with Crippen LogP contribution in [0.1, 0.15) is 38.7 Å². The Bertz CT molecular complexity index is 533. The summed E-state index contributed by atoms with van der Waals surface area (Å²) >= 11 is 0.481. The van der Waals surface area contributed by atoms with E-state index in [0.29, 0.717) is 5.92 Å². The first-order valence-corrected chi connectivity index (χ1v) is 8.13. The Morgan fingerprint density at radius 3 is 2.72 bits per heavy atom. The highest BCUT2D eigenvalue weighted by Crippen LogP contribution is 2.36. The van der Waals surface area contributed by atoms with Gasteiger partial charge in [0.1, 0.15) is 4.75 Å². The summed E-state index contributed by atoms with van der Waals surface area (Å²) in [5.74, 6) is 0.364. The molecule has 0 spiro atoms. The first-order chi connectivity index (χ1) is 8.42. The second-order valence-corrected chi connectivity index (χ2v) is 7.96. The van der Waals surface area contributed by atoms with Crippen LogP contribution in [-0.2, 0) is 11.4 Å². The Morgan fingerprint density at radius 1 is 1.39 bits per heavy atom. The molecule has 0 saturated heterocycles. The van der Waals surface area contributed by atoms with Crippen LogP contribution in [0.4, 0.5) is 0 Å². The van der Waals surface area contributed by atoms with Crippen LogP contribution in [0.3, 0.4) is 0 Å². The van der Waals surface area contributed by atoms with Crippen LogP contribution < -0.4 is 5.14 Å². The van der Waals surface area contributed by atoms with Gasteiger partial charge in [-0.1, -0.05) is 25.1 Å². The molecule has 0 amide bonds. The molecule has 98 valence electrons. The molecule has 2 N–H and O–H groups in total. The lowest BCUT2D eigenvalue weighted by Gasteiger charge is -2.27. The zero-order chi connectivity index (χ0) is 13.3. The van der Waals surface area contributed by atoms with Gasteiger partial charge in [-0.05, 0) is 42.2 Å². The van der Waals surface area contributed by atoms with Gasteiger partial charge in [-0.3, -0.25) is 0 Å². The first-order valence-electron chi connectivity index (χ1n) is 6.04. The van der Waals surface area contributed by atoms with E-state index in [9.17, 15) is 4.55 Å². The quantitative estimate of drug-likeness (QED) is 0.867. The molecule has 1 heterocycles. The number of rotatable bonds is 4. The zero-order valence-electron chi connectivity index (χ0n) is 11.0. The maximum absolute atomic E-state index is 11.5. The number of thiophene rings is 1. The van der Waals surface area contributed by atoms with E-state index in [2.05, 4.69) is 36.6 Å². The number of fused-ring (bicyclic) bond motifs is 1. The first kappa shape index (κ1) is 13.9. The number of hydrogen-bond acceptors (Lipinski definition) is 3. The van der Waals surface area contributed by atoms with Crippen LogP contribution in [0.15, 0.2) is 29.6 Å². The van der Waals surface area contributed by atoms with Crippen molar-refractivity contribution in [2.24, 2.45) is 5.14 Å². The maximum Gasteiger partial charge on any atom is 0.140 e. The number of nitrogens with two attached hydrogens (primary N) is 1. The molecule has 18 heavy (non-hydrogen) atoms. The van der Waals surface area contributed by atoms with Gasteiger partial charge in [0, 0.05) is 22.5 Å². The van der Waals surface area contributed by atoms with Crippen molar-refractivity contribution in [3.63, 3.8) is 0 Å². The number of benzene rings is 1. The lowest BCUT2D eigenvalue weighted by atomic mass is 9.91. The van der Waals surface area contributed by atoms with Crippen LogP contribution in [-0.4, -0.2) is 9.30 Å². The molecule has 0 bridgehead atoms. The minimum absolute atomic E-state index is 0.345. The average molecular weight is 281 g/mol. The van der Waals surface area contributed by atoms with Gasteiger partial charge in [-0.2, -0.15) is 5.14 Å². The van der Waals surface area contributed by atoms with Crippen LogP contribution in [0.25, 0.3) is 10.1 Å². The highest BCUT2D eigenvalue weighted by Gasteiger charge is 2.32. The minimum Gasteiger partial charge on any atom is -0.598 e. The molecule has 2 unspecified atom stereocenters. The third-order valence-corrected chi connectivity index (χ3v) is 5.62. The molecule has 1 aromatic carbocycles. The Labute approximate surface area is 116 Å². The molecule has 0 aliphatic carbocycles. The summed E-state index contributed by atoms with van der Waals surface area (Å²) in [6, 6.07) is 8.43. The van der Waals surface area contributed by atoms with Crippen molar-refractivity contribution in [2.75, 3.05) is 0 Å². The maximum atomic E-state index is 11.5. The van der Waals surface area contributed by atoms with Crippen molar-refractivity contribution in [1.29, 1.82) is 0 Å². The molecule has 2 rings (SSSR count). The van der Waals surface area contributed by atoms with Crippen molar-refractivity contribution in [2.45, 2.75) is 37.9 Å². The molecule has 2 aromatic rings. The van der Waals surface area contributed by atoms with E-state index in [1.54, 1.807) is 11.3 Å². The van der Waals surface area contributed by atoms with Crippen molar-refractivity contribution in [1.82, 2.24) is 0 Å². The predicted octanol–water partition coefficient (Wildman–Crippen LogP) is 3.80. The molecule has 4 heteroatoms. The Balaban J connectivity index is 2.26. The van der Waals surface area contributed by atoms with Crippen molar-refractivity contribution in [3.8, 4) is 0 Å². The SMILES string of the molecule is CC(CC(C)(C)[S+](N)[O-])c1csc2ccccc12. The fraction of sp³-hybridized carbons (Fsp3) is 0.429. The fourth-order valence-corrected chi connectivity index (χ4v) is 3.81. The monoisotopic (exact) mass is 281 g/mol. The summed E-state index contributed by atoms with van der Waals surface area (Å²) in [7, 11) is 0. The smallest absolute Gasteiger partial charge is 0.140 e. The zero-order valence-corrected chi connectivity index (χ0v) is 12.6. The third-order valence-electron chi connectivity index (χ3n) is 3.38. The molecular formula is C14H19NOS2. The van der Waals surface area contributed by atoms with E-state index in [1.807, 2.05) is 13.8 Å². The topological polar surface area (TPSA) is 49.1 Å². The van der Waals surface area contributed by atoms with Gasteiger partial charge < -0.3 is 4.55 Å². The van der Waals surface area contributed by atoms with Gasteiger partial charge >= 0.3 is 0 Å². The predicted molar refractivity (Wildman–Crippen MR) is 81.3 cm³/mol. The Kier molecular flexibility index (Phi) is 4.02. The highest BCUT2D eigenvalue weighted by atomic mass is 32.2. The summed E-state index contributed by atoms with van der Waals surface area (Å²) in [6.45, 7) is 6.12. The molecule has 0 radical (unpaired) electrons. The second kappa shape index (κ2) is 5.21. The lowest BCUT2D eigenvalue weighted by Crippen LogP contribution is -2.38. The Hall–Kier alpha value is -0.550. The molecule has 0 fully saturated rings. The van der Waals surface area contributed by atoms with E-state index in [4.69, 9.17) is 5.14 Å². The van der Waals surface area contributed by atoms with Crippen LogP contribution >= 0.6 is 11.3 Å². The van der Waals surface area contributed by atoms with Crippen molar-refractivity contribution < 1.29 is 4.55 Å². The van der Waals surface area contributed by atoms with E-state index in [0.717, 1.165) is 6.42 Å². The van der Waals surface area contributed by atoms with Crippen molar-refractivity contribution in [3.05, 3.63) is 35.2 Å². The fourth-order valence-electron chi connectivity index (χ4n) is 2.31. The van der Waals surface area contributed by atoms with Gasteiger partial charge in [-0.15, -0.1) is 11.3 Å². The summed E-state index contributed by atoms with van der Waals surface area (Å²) in [5, 5.41) is 9.09. The largest absolute Gasteiger partial charge is 0.598 e. The summed E-state index contributed by atoms with van der Waals surface area (Å²) in [5.41, 5.74) is 1.34. The number of hydrogen-bond donors (Lipinski definition) is 1. The summed E-state index contributed by atoms with van der Waals surface area (Å²) in [6.07, 6.45) is 0.830.